The van der Waals surface area contributed by atoms with Gasteiger partial charge < -0.3 is 10.2 Å². The number of nitrogens with zero attached hydrogens (tertiary/aromatic N) is 1. The summed E-state index contributed by atoms with van der Waals surface area (Å²) in [6.45, 7) is 3.78. The van der Waals surface area contributed by atoms with Gasteiger partial charge in [-0.1, -0.05) is 6.07 Å². The Morgan fingerprint density at radius 2 is 1.95 bits per heavy atom. The predicted molar refractivity (Wildman–Crippen MR) is 77.7 cm³/mol. The van der Waals surface area contributed by atoms with Crippen LogP contribution in [-0.4, -0.2) is 19.8 Å². The number of furan rings is 1. The summed E-state index contributed by atoms with van der Waals surface area (Å²) in [5, 5.41) is 0. The summed E-state index contributed by atoms with van der Waals surface area (Å²) < 4.78 is 31.6. The second-order valence-corrected chi connectivity index (χ2v) is 6.75. The number of nitrogens with two attached hydrogens (primary N) is 1. The van der Waals surface area contributed by atoms with E-state index in [0.717, 1.165) is 11.3 Å². The first-order valence-corrected chi connectivity index (χ1v) is 7.62. The van der Waals surface area contributed by atoms with Crippen molar-refractivity contribution in [3.05, 3.63) is 47.4 Å². The summed E-state index contributed by atoms with van der Waals surface area (Å²) in [4.78, 5) is 0.237. The van der Waals surface area contributed by atoms with Crippen LogP contribution >= 0.6 is 0 Å². The molecule has 1 aromatic heterocycles. The number of hydrogen-bond acceptors (Lipinski definition) is 4. The van der Waals surface area contributed by atoms with E-state index in [1.54, 1.807) is 44.5 Å². The quantitative estimate of drug-likeness (QED) is 0.878. The zero-order chi connectivity index (χ0) is 14.9. The molecule has 2 rings (SSSR count). The van der Waals surface area contributed by atoms with Crippen molar-refractivity contribution in [2.75, 3.05) is 12.8 Å². The van der Waals surface area contributed by atoms with Crippen molar-refractivity contribution in [3.8, 4) is 0 Å². The van der Waals surface area contributed by atoms with E-state index in [0.29, 0.717) is 11.3 Å². The van der Waals surface area contributed by atoms with Crippen LogP contribution in [0.4, 0.5) is 5.69 Å². The van der Waals surface area contributed by atoms with E-state index in [2.05, 4.69) is 0 Å². The van der Waals surface area contributed by atoms with E-state index < -0.39 is 10.0 Å². The molecule has 5 nitrogen and oxygen atoms in total. The van der Waals surface area contributed by atoms with Gasteiger partial charge in [-0.15, -0.1) is 0 Å². The summed E-state index contributed by atoms with van der Waals surface area (Å²) in [7, 11) is -2.03. The van der Waals surface area contributed by atoms with Gasteiger partial charge in [0.05, 0.1) is 11.2 Å². The maximum Gasteiger partial charge on any atom is 0.243 e. The fourth-order valence-corrected chi connectivity index (χ4v) is 3.38. The molecule has 0 radical (unpaired) electrons. The highest BCUT2D eigenvalue weighted by molar-refractivity contribution is 7.89. The molecule has 1 heterocycles. The van der Waals surface area contributed by atoms with Crippen molar-refractivity contribution in [2.45, 2.75) is 25.3 Å². The highest BCUT2D eigenvalue weighted by Crippen LogP contribution is 2.24. The summed E-state index contributed by atoms with van der Waals surface area (Å²) in [6, 6.07) is 6.67. The first-order chi connectivity index (χ1) is 9.34. The third kappa shape index (κ3) is 2.57. The molecule has 108 valence electrons. The maximum absolute atomic E-state index is 12.6. The topological polar surface area (TPSA) is 76.5 Å². The Morgan fingerprint density at radius 3 is 2.55 bits per heavy atom. The van der Waals surface area contributed by atoms with Crippen molar-refractivity contribution < 1.29 is 12.8 Å². The van der Waals surface area contributed by atoms with Crippen LogP contribution in [0.25, 0.3) is 0 Å². The van der Waals surface area contributed by atoms with Gasteiger partial charge in [0.25, 0.3) is 0 Å². The average Bonchev–Trinajstić information content (AvgIpc) is 2.78. The Labute approximate surface area is 119 Å². The van der Waals surface area contributed by atoms with Crippen LogP contribution in [0.3, 0.4) is 0 Å². The van der Waals surface area contributed by atoms with Gasteiger partial charge in [0.1, 0.15) is 5.76 Å². The van der Waals surface area contributed by atoms with Gasteiger partial charge in [0.15, 0.2) is 0 Å². The fourth-order valence-electron chi connectivity index (χ4n) is 1.98. The Bertz CT molecular complexity index is 720. The molecule has 0 aliphatic rings. The lowest BCUT2D eigenvalue weighted by Gasteiger charge is -2.18. The summed E-state index contributed by atoms with van der Waals surface area (Å²) in [5.41, 5.74) is 7.67. The summed E-state index contributed by atoms with van der Waals surface area (Å²) in [5.74, 6) is 0.719. The molecule has 0 saturated carbocycles. The monoisotopic (exact) mass is 294 g/mol. The normalized spacial score (nSPS) is 12.0. The van der Waals surface area contributed by atoms with E-state index in [-0.39, 0.29) is 11.4 Å². The molecule has 0 saturated heterocycles. The van der Waals surface area contributed by atoms with Crippen LogP contribution < -0.4 is 5.73 Å². The molecule has 0 atom stereocenters. The van der Waals surface area contributed by atoms with Crippen molar-refractivity contribution in [1.82, 2.24) is 4.31 Å². The smallest absolute Gasteiger partial charge is 0.243 e. The third-order valence-corrected chi connectivity index (χ3v) is 5.32. The Hall–Kier alpha value is -1.79. The average molecular weight is 294 g/mol. The highest BCUT2D eigenvalue weighted by atomic mass is 32.2. The minimum absolute atomic E-state index is 0.237. The number of rotatable bonds is 4. The number of benzene rings is 1. The second kappa shape index (κ2) is 5.30. The zero-order valence-corrected chi connectivity index (χ0v) is 12.6. The minimum atomic E-state index is -3.57. The zero-order valence-electron chi connectivity index (χ0n) is 11.8. The van der Waals surface area contributed by atoms with Crippen molar-refractivity contribution in [2.24, 2.45) is 0 Å². The summed E-state index contributed by atoms with van der Waals surface area (Å²) >= 11 is 0. The van der Waals surface area contributed by atoms with Crippen molar-refractivity contribution in [1.29, 1.82) is 0 Å². The van der Waals surface area contributed by atoms with Crippen LogP contribution in [-0.2, 0) is 16.6 Å². The number of sulfonamides is 1. The number of hydrogen-bond donors (Lipinski definition) is 1. The molecule has 20 heavy (non-hydrogen) atoms. The number of aryl methyl sites for hydroxylation is 1. The number of anilines is 1. The molecule has 0 unspecified atom stereocenters. The largest absolute Gasteiger partial charge is 0.469 e. The number of nitrogen functional groups attached to an aromatic ring is 1. The lowest BCUT2D eigenvalue weighted by molar-refractivity contribution is 0.458. The fraction of sp³-hybridized carbons (Fsp3) is 0.286. The lowest BCUT2D eigenvalue weighted by Crippen LogP contribution is -2.27. The molecule has 0 amide bonds. The first-order valence-electron chi connectivity index (χ1n) is 6.18. The molecule has 0 spiro atoms. The summed E-state index contributed by atoms with van der Waals surface area (Å²) in [6.07, 6.45) is 1.55. The van der Waals surface area contributed by atoms with Gasteiger partial charge in [-0.05, 0) is 37.6 Å². The van der Waals surface area contributed by atoms with Gasteiger partial charge in [0.2, 0.25) is 10.0 Å². The molecule has 2 N–H and O–H groups in total. The van der Waals surface area contributed by atoms with Crippen LogP contribution in [0, 0.1) is 13.8 Å². The molecule has 0 fully saturated rings. The maximum atomic E-state index is 12.6. The van der Waals surface area contributed by atoms with Crippen LogP contribution in [0.2, 0.25) is 0 Å². The Morgan fingerprint density at radius 1 is 1.25 bits per heavy atom. The van der Waals surface area contributed by atoms with E-state index >= 15 is 0 Å². The van der Waals surface area contributed by atoms with E-state index in [1.165, 1.54) is 4.31 Å². The second-order valence-electron chi connectivity index (χ2n) is 4.73. The molecule has 6 heteroatoms. The van der Waals surface area contributed by atoms with Crippen molar-refractivity contribution >= 4 is 15.7 Å². The van der Waals surface area contributed by atoms with Gasteiger partial charge in [0, 0.05) is 24.8 Å². The predicted octanol–water partition coefficient (Wildman–Crippen LogP) is 2.30. The minimum Gasteiger partial charge on any atom is -0.469 e. The molecule has 1 aromatic carbocycles. The van der Waals surface area contributed by atoms with Gasteiger partial charge in [-0.2, -0.15) is 4.31 Å². The molecular formula is C14H18N2O3S. The first kappa shape index (κ1) is 14.6. The van der Waals surface area contributed by atoms with Gasteiger partial charge in [-0.3, -0.25) is 0 Å². The van der Waals surface area contributed by atoms with E-state index in [9.17, 15) is 8.42 Å². The Kier molecular flexibility index (Phi) is 3.87. The highest BCUT2D eigenvalue weighted by Gasteiger charge is 2.24. The molecular weight excluding hydrogens is 276 g/mol. The van der Waals surface area contributed by atoms with Crippen LogP contribution in [0.1, 0.15) is 16.9 Å². The molecule has 2 aromatic rings. The standard InChI is InChI=1S/C14H18N2O3S/c1-10-13(15)5-4-6-14(10)20(17,18)16(3)9-12-7-8-19-11(12)2/h4-8H,9,15H2,1-3H3. The molecule has 0 aliphatic heterocycles. The SMILES string of the molecule is Cc1occc1CN(C)S(=O)(=O)c1cccc(N)c1C. The molecule has 0 bridgehead atoms. The van der Waals surface area contributed by atoms with Crippen LogP contribution in [0.5, 0.6) is 0 Å². The molecule has 0 aliphatic carbocycles. The van der Waals surface area contributed by atoms with Gasteiger partial charge >= 0.3 is 0 Å². The Balaban J connectivity index is 2.35. The van der Waals surface area contributed by atoms with Crippen LogP contribution in [0.15, 0.2) is 39.8 Å². The lowest BCUT2D eigenvalue weighted by atomic mass is 10.2. The third-order valence-electron chi connectivity index (χ3n) is 3.37. The van der Waals surface area contributed by atoms with E-state index in [1.807, 2.05) is 6.92 Å². The van der Waals surface area contributed by atoms with Gasteiger partial charge in [-0.25, -0.2) is 8.42 Å². The van der Waals surface area contributed by atoms with Crippen molar-refractivity contribution in [3.63, 3.8) is 0 Å². The van der Waals surface area contributed by atoms with E-state index in [4.69, 9.17) is 10.2 Å².